The Kier molecular flexibility index (Phi) is 9.87. The van der Waals surface area contributed by atoms with E-state index in [1.165, 1.54) is 53.9 Å². The van der Waals surface area contributed by atoms with Crippen molar-refractivity contribution in [1.29, 1.82) is 0 Å². The Morgan fingerprint density at radius 3 is 1.68 bits per heavy atom. The number of carbonyl (C=O) groups excluding carboxylic acids is 1. The lowest BCUT2D eigenvalue weighted by Crippen LogP contribution is -2.26. The van der Waals surface area contributed by atoms with Crippen LogP contribution in [0, 0.1) is 0 Å². The van der Waals surface area contributed by atoms with Crippen molar-refractivity contribution >= 4 is 90.7 Å². The molecule has 4 aromatic rings. The van der Waals surface area contributed by atoms with E-state index in [-0.39, 0.29) is 20.5 Å². The molecule has 4 nitrogen and oxygen atoms in total. The van der Waals surface area contributed by atoms with Crippen LogP contribution in [0.4, 0.5) is 0 Å². The van der Waals surface area contributed by atoms with Gasteiger partial charge in [0, 0.05) is 24.9 Å². The molecule has 4 rings (SSSR count). The van der Waals surface area contributed by atoms with E-state index in [9.17, 15) is 13.2 Å². The molecule has 194 valence electrons. The first-order valence-corrected chi connectivity index (χ1v) is 15.6. The van der Waals surface area contributed by atoms with E-state index >= 15 is 0 Å². The van der Waals surface area contributed by atoms with Crippen LogP contribution in [0.1, 0.15) is 10.4 Å². The van der Waals surface area contributed by atoms with E-state index in [2.05, 4.69) is 4.99 Å². The third-order valence-corrected chi connectivity index (χ3v) is 10.7. The van der Waals surface area contributed by atoms with Crippen molar-refractivity contribution in [3.8, 4) is 0 Å². The summed E-state index contributed by atoms with van der Waals surface area (Å²) in [5.74, 6) is -0.806. The van der Waals surface area contributed by atoms with Crippen LogP contribution in [0.2, 0.25) is 20.1 Å². The maximum Gasteiger partial charge on any atom is 0.279 e. The number of rotatable bonds is 7. The highest BCUT2D eigenvalue weighted by Gasteiger charge is 2.33. The highest BCUT2D eigenvalue weighted by molar-refractivity contribution is 8.22. The number of nitrogens with zero attached hydrogens (tertiary/aromatic N) is 1. The molecule has 0 aromatic heterocycles. The molecule has 0 saturated heterocycles. The third kappa shape index (κ3) is 7.36. The average molecular weight is 641 g/mol. The molecule has 0 N–H and O–H groups in total. The predicted molar refractivity (Wildman–Crippen MR) is 160 cm³/mol. The minimum Gasteiger partial charge on any atom is -0.267 e. The van der Waals surface area contributed by atoms with Crippen molar-refractivity contribution in [3.63, 3.8) is 0 Å². The summed E-state index contributed by atoms with van der Waals surface area (Å²) in [6.07, 6.45) is 0. The summed E-state index contributed by atoms with van der Waals surface area (Å²) >= 11 is 26.8. The van der Waals surface area contributed by atoms with Gasteiger partial charge in [-0.1, -0.05) is 64.6 Å². The number of thioether (sulfide) groups is 2. The highest BCUT2D eigenvalue weighted by atomic mass is 35.5. The number of hydrogen-bond acceptors (Lipinski definition) is 5. The lowest BCUT2D eigenvalue weighted by atomic mass is 10.2. The third-order valence-electron chi connectivity index (χ3n) is 5.02. The maximum absolute atomic E-state index is 14.0. The largest absolute Gasteiger partial charge is 0.279 e. The number of amides is 1. The van der Waals surface area contributed by atoms with E-state index in [0.717, 1.165) is 9.79 Å². The molecule has 0 bridgehead atoms. The lowest BCUT2D eigenvalue weighted by molar-refractivity contribution is 0.100. The quantitative estimate of drug-likeness (QED) is 0.0872. The summed E-state index contributed by atoms with van der Waals surface area (Å²) in [5.41, 5.74) is 0.0311. The number of hydrogen-bond donors (Lipinski definition) is 0. The molecule has 0 aliphatic carbocycles. The van der Waals surface area contributed by atoms with Gasteiger partial charge in [0.1, 0.15) is 4.58 Å². The Balaban J connectivity index is 1.87. The van der Waals surface area contributed by atoms with Crippen LogP contribution in [-0.2, 0) is 9.84 Å². The molecular formula is C27H17Cl4NO3S3. The van der Waals surface area contributed by atoms with Gasteiger partial charge in [-0.05, 0) is 78.9 Å². The van der Waals surface area contributed by atoms with E-state index in [4.69, 9.17) is 46.4 Å². The zero-order chi connectivity index (χ0) is 27.3. The molecule has 38 heavy (non-hydrogen) atoms. The van der Waals surface area contributed by atoms with Gasteiger partial charge in [0.15, 0.2) is 5.04 Å². The van der Waals surface area contributed by atoms with Gasteiger partial charge >= 0.3 is 0 Å². The highest BCUT2D eigenvalue weighted by Crippen LogP contribution is 2.40. The fourth-order valence-electron chi connectivity index (χ4n) is 3.18. The van der Waals surface area contributed by atoms with Gasteiger partial charge in [-0.2, -0.15) is 4.99 Å². The molecule has 0 aliphatic rings. The Hall–Kier alpha value is -1.97. The number of carbonyl (C=O) groups is 1. The Labute approximate surface area is 249 Å². The second-order valence-corrected chi connectivity index (χ2v) is 13.9. The summed E-state index contributed by atoms with van der Waals surface area (Å²) in [6, 6.07) is 26.0. The van der Waals surface area contributed by atoms with Crippen molar-refractivity contribution in [3.05, 3.63) is 123 Å². The molecule has 0 radical (unpaired) electrons. The fraction of sp³-hybridized carbons (Fsp3) is 0.0370. The molecule has 0 aliphatic heterocycles. The van der Waals surface area contributed by atoms with Gasteiger partial charge in [0.25, 0.3) is 5.91 Å². The van der Waals surface area contributed by atoms with Crippen LogP contribution in [-0.4, -0.2) is 24.0 Å². The Morgan fingerprint density at radius 2 is 1.18 bits per heavy atom. The van der Waals surface area contributed by atoms with Gasteiger partial charge in [0.2, 0.25) is 9.84 Å². The van der Waals surface area contributed by atoms with E-state index in [0.29, 0.717) is 15.1 Å². The molecule has 11 heteroatoms. The minimum absolute atomic E-state index is 0.00663. The van der Waals surface area contributed by atoms with E-state index in [1.807, 2.05) is 0 Å². The zero-order valence-electron chi connectivity index (χ0n) is 19.2. The minimum atomic E-state index is -4.21. The van der Waals surface area contributed by atoms with Crippen LogP contribution < -0.4 is 0 Å². The number of aliphatic imine (C=N–C) groups is 1. The number of benzene rings is 4. The standard InChI is InChI=1S/C27H17Cl4NO3S3/c28-17-6-11-20(12-7-17)36-27(37-21-13-8-18(29)9-14-21)26(38(34,35)22-4-2-1-3-5-22)32-25(33)23-15-10-19(30)16-24(23)31/h1-16,27H. The first-order chi connectivity index (χ1) is 18.1. The maximum atomic E-state index is 14.0. The first-order valence-electron chi connectivity index (χ1n) is 10.9. The topological polar surface area (TPSA) is 63.6 Å². The van der Waals surface area contributed by atoms with Crippen molar-refractivity contribution in [2.45, 2.75) is 19.3 Å². The van der Waals surface area contributed by atoms with Crippen LogP contribution in [0.5, 0.6) is 0 Å². The van der Waals surface area contributed by atoms with Gasteiger partial charge in [0.05, 0.1) is 15.5 Å². The second-order valence-electron chi connectivity index (χ2n) is 7.67. The zero-order valence-corrected chi connectivity index (χ0v) is 24.7. The molecule has 0 spiro atoms. The van der Waals surface area contributed by atoms with Gasteiger partial charge in [-0.15, -0.1) is 23.5 Å². The Morgan fingerprint density at radius 1 is 0.684 bits per heavy atom. The van der Waals surface area contributed by atoms with Crippen molar-refractivity contribution in [2.75, 3.05) is 0 Å². The molecule has 1 amide bonds. The van der Waals surface area contributed by atoms with Crippen LogP contribution in [0.15, 0.2) is 117 Å². The monoisotopic (exact) mass is 639 g/mol. The number of sulfone groups is 1. The van der Waals surface area contributed by atoms with Crippen molar-refractivity contribution < 1.29 is 13.2 Å². The molecular weight excluding hydrogens is 624 g/mol. The molecule has 0 fully saturated rings. The van der Waals surface area contributed by atoms with Gasteiger partial charge < -0.3 is 0 Å². The fourth-order valence-corrected chi connectivity index (χ4v) is 8.43. The molecule has 0 saturated carbocycles. The average Bonchev–Trinajstić information content (AvgIpc) is 2.90. The summed E-state index contributed by atoms with van der Waals surface area (Å²) in [7, 11) is -4.21. The lowest BCUT2D eigenvalue weighted by Gasteiger charge is -2.19. The summed E-state index contributed by atoms with van der Waals surface area (Å²) in [6.45, 7) is 0. The molecule has 0 atom stereocenters. The SMILES string of the molecule is O=C(N=C(C(Sc1ccc(Cl)cc1)Sc1ccc(Cl)cc1)S(=O)(=O)c1ccccc1)c1ccc(Cl)cc1Cl. The van der Waals surface area contributed by atoms with Crippen LogP contribution >= 0.6 is 69.9 Å². The Bertz CT molecular complexity index is 1530. The number of halogens is 4. The van der Waals surface area contributed by atoms with Crippen LogP contribution in [0.3, 0.4) is 0 Å². The van der Waals surface area contributed by atoms with Crippen molar-refractivity contribution in [1.82, 2.24) is 0 Å². The molecule has 4 aromatic carbocycles. The molecule has 0 heterocycles. The summed E-state index contributed by atoms with van der Waals surface area (Å²) in [4.78, 5) is 19.0. The summed E-state index contributed by atoms with van der Waals surface area (Å²) in [5, 5.41) is 1.14. The summed E-state index contributed by atoms with van der Waals surface area (Å²) < 4.78 is 27.1. The van der Waals surface area contributed by atoms with E-state index < -0.39 is 20.3 Å². The van der Waals surface area contributed by atoms with E-state index in [1.54, 1.807) is 66.7 Å². The molecule has 0 unspecified atom stereocenters. The van der Waals surface area contributed by atoms with Crippen molar-refractivity contribution in [2.24, 2.45) is 4.99 Å². The normalized spacial score (nSPS) is 12.1. The van der Waals surface area contributed by atoms with Gasteiger partial charge in [-0.25, -0.2) is 8.42 Å². The van der Waals surface area contributed by atoms with Gasteiger partial charge in [-0.3, -0.25) is 4.79 Å². The smallest absolute Gasteiger partial charge is 0.267 e. The van der Waals surface area contributed by atoms with Crippen LogP contribution in [0.25, 0.3) is 0 Å². The predicted octanol–water partition coefficient (Wildman–Crippen LogP) is 9.22. The first kappa shape index (κ1) is 29.0. The second kappa shape index (κ2) is 12.9.